The van der Waals surface area contributed by atoms with E-state index in [0.717, 1.165) is 0 Å². The standard InChI is InChI=1S/C54H40/c1-53(2)47-22-14-13-21-39(47)41-29-43-45(31-49(41)53)52(35-18-9-6-10-19-35)46-32-50-42(30-44(46)51(43)34-16-7-5-8-17-34)40-26-25-38(28-48(40)54(50,3)4)37-24-23-33-15-11-12-20-36(33)27-37/h5-32H,1-4H3. The monoisotopic (exact) mass is 688 g/mol. The van der Waals surface area contributed by atoms with Gasteiger partial charge in [0.05, 0.1) is 0 Å². The van der Waals surface area contributed by atoms with E-state index in [1.54, 1.807) is 0 Å². The molecule has 0 bridgehead atoms. The van der Waals surface area contributed by atoms with Gasteiger partial charge in [-0.05, 0) is 147 Å². The minimum atomic E-state index is -0.177. The maximum absolute atomic E-state index is 2.56. The van der Waals surface area contributed by atoms with Gasteiger partial charge in [-0.25, -0.2) is 0 Å². The molecule has 0 spiro atoms. The van der Waals surface area contributed by atoms with Gasteiger partial charge in [0.25, 0.3) is 0 Å². The molecule has 0 fully saturated rings. The summed E-state index contributed by atoms with van der Waals surface area (Å²) in [6.07, 6.45) is 0. The molecule has 54 heavy (non-hydrogen) atoms. The summed E-state index contributed by atoms with van der Waals surface area (Å²) >= 11 is 0. The third-order valence-electron chi connectivity index (χ3n) is 12.8. The molecule has 9 aromatic rings. The first-order chi connectivity index (χ1) is 26.3. The van der Waals surface area contributed by atoms with Gasteiger partial charge in [0, 0.05) is 10.8 Å². The maximum Gasteiger partial charge on any atom is 0.0159 e. The quantitative estimate of drug-likeness (QED) is 0.162. The summed E-state index contributed by atoms with van der Waals surface area (Å²) in [6.45, 7) is 9.62. The van der Waals surface area contributed by atoms with Crippen molar-refractivity contribution in [3.05, 3.63) is 192 Å². The van der Waals surface area contributed by atoms with Crippen LogP contribution in [0.15, 0.2) is 170 Å². The smallest absolute Gasteiger partial charge is 0.0159 e. The summed E-state index contributed by atoms with van der Waals surface area (Å²) in [5, 5.41) is 7.79. The van der Waals surface area contributed by atoms with E-state index in [9.17, 15) is 0 Å². The lowest BCUT2D eigenvalue weighted by molar-refractivity contribution is 0.661. The fourth-order valence-electron chi connectivity index (χ4n) is 10.0. The van der Waals surface area contributed by atoms with Crippen LogP contribution in [0.1, 0.15) is 49.9 Å². The summed E-state index contributed by atoms with van der Waals surface area (Å²) < 4.78 is 0. The Morgan fingerprint density at radius 1 is 0.278 bits per heavy atom. The van der Waals surface area contributed by atoms with Crippen molar-refractivity contribution in [3.63, 3.8) is 0 Å². The van der Waals surface area contributed by atoms with Crippen LogP contribution in [0.25, 0.3) is 88.0 Å². The minimum absolute atomic E-state index is 0.0970. The lowest BCUT2D eigenvalue weighted by Gasteiger charge is -2.25. The summed E-state index contributed by atoms with van der Waals surface area (Å²) in [7, 11) is 0. The van der Waals surface area contributed by atoms with Gasteiger partial charge in [0.2, 0.25) is 0 Å². The lowest BCUT2D eigenvalue weighted by Crippen LogP contribution is -2.15. The van der Waals surface area contributed by atoms with Gasteiger partial charge in [-0.15, -0.1) is 0 Å². The van der Waals surface area contributed by atoms with Crippen molar-refractivity contribution in [1.82, 2.24) is 0 Å². The van der Waals surface area contributed by atoms with Crippen LogP contribution in [0.3, 0.4) is 0 Å². The average molecular weight is 689 g/mol. The summed E-state index contributed by atoms with van der Waals surface area (Å²) in [4.78, 5) is 0. The largest absolute Gasteiger partial charge is 0.0622 e. The Labute approximate surface area is 317 Å². The fourth-order valence-corrected chi connectivity index (χ4v) is 10.0. The molecule has 0 aromatic heterocycles. The van der Waals surface area contributed by atoms with Crippen LogP contribution >= 0.6 is 0 Å². The Morgan fingerprint density at radius 3 is 1.35 bits per heavy atom. The summed E-state index contributed by atoms with van der Waals surface area (Å²) in [5.41, 5.74) is 18.4. The Hall–Kier alpha value is -6.24. The molecule has 256 valence electrons. The minimum Gasteiger partial charge on any atom is -0.0622 e. The molecular formula is C54H40. The Balaban J connectivity index is 1.24. The van der Waals surface area contributed by atoms with E-state index in [1.807, 2.05) is 0 Å². The van der Waals surface area contributed by atoms with Crippen molar-refractivity contribution in [3.8, 4) is 55.6 Å². The molecule has 11 rings (SSSR count). The third-order valence-corrected chi connectivity index (χ3v) is 12.8. The highest BCUT2D eigenvalue weighted by atomic mass is 14.4. The Morgan fingerprint density at radius 2 is 0.722 bits per heavy atom. The fraction of sp³-hybridized carbons (Fsp3) is 0.111. The second-order valence-corrected chi connectivity index (χ2v) is 16.5. The van der Waals surface area contributed by atoms with Crippen molar-refractivity contribution in [1.29, 1.82) is 0 Å². The highest BCUT2D eigenvalue weighted by molar-refractivity contribution is 6.23. The van der Waals surface area contributed by atoms with Crippen LogP contribution in [0.2, 0.25) is 0 Å². The van der Waals surface area contributed by atoms with Crippen molar-refractivity contribution in [2.75, 3.05) is 0 Å². The molecule has 0 unspecified atom stereocenters. The number of benzene rings is 9. The van der Waals surface area contributed by atoms with Gasteiger partial charge in [-0.1, -0.05) is 161 Å². The molecule has 2 aliphatic carbocycles. The number of hydrogen-bond acceptors (Lipinski definition) is 0. The van der Waals surface area contributed by atoms with E-state index in [-0.39, 0.29) is 10.8 Å². The molecule has 0 heteroatoms. The average Bonchev–Trinajstić information content (AvgIpc) is 3.57. The highest BCUT2D eigenvalue weighted by Crippen LogP contribution is 2.56. The molecule has 0 amide bonds. The van der Waals surface area contributed by atoms with E-state index in [2.05, 4.69) is 198 Å². The zero-order valence-corrected chi connectivity index (χ0v) is 31.2. The van der Waals surface area contributed by atoms with Crippen LogP contribution in [-0.4, -0.2) is 0 Å². The predicted molar refractivity (Wildman–Crippen MR) is 230 cm³/mol. The molecule has 0 N–H and O–H groups in total. The van der Waals surface area contributed by atoms with Crippen LogP contribution in [0.4, 0.5) is 0 Å². The number of hydrogen-bond donors (Lipinski definition) is 0. The molecule has 0 aliphatic heterocycles. The molecule has 0 heterocycles. The van der Waals surface area contributed by atoms with Crippen LogP contribution in [-0.2, 0) is 10.8 Å². The third kappa shape index (κ3) is 4.32. The second-order valence-electron chi connectivity index (χ2n) is 16.5. The molecule has 0 nitrogen and oxygen atoms in total. The van der Waals surface area contributed by atoms with Crippen molar-refractivity contribution < 1.29 is 0 Å². The van der Waals surface area contributed by atoms with Gasteiger partial charge in [-0.2, -0.15) is 0 Å². The zero-order chi connectivity index (χ0) is 36.3. The number of rotatable bonds is 3. The summed E-state index contributed by atoms with van der Waals surface area (Å²) in [5.74, 6) is 0. The second kappa shape index (κ2) is 11.1. The SMILES string of the molecule is CC1(C)c2ccccc2-c2cc3c(-c4ccccc4)c4cc5c(cc4c(-c4ccccc4)c3cc21)C(C)(C)c1cc(-c2ccc3ccccc3c2)ccc1-5. The molecule has 0 radical (unpaired) electrons. The van der Waals surface area contributed by atoms with E-state index in [0.29, 0.717) is 0 Å². The molecule has 0 atom stereocenters. The van der Waals surface area contributed by atoms with E-state index in [1.165, 1.54) is 110 Å². The van der Waals surface area contributed by atoms with Crippen molar-refractivity contribution in [2.24, 2.45) is 0 Å². The highest BCUT2D eigenvalue weighted by Gasteiger charge is 2.38. The molecular weight excluding hydrogens is 649 g/mol. The summed E-state index contributed by atoms with van der Waals surface area (Å²) in [6, 6.07) is 64.0. The Bertz CT molecular complexity index is 3010. The molecule has 9 aromatic carbocycles. The van der Waals surface area contributed by atoms with Crippen LogP contribution in [0.5, 0.6) is 0 Å². The first-order valence-electron chi connectivity index (χ1n) is 19.3. The van der Waals surface area contributed by atoms with Gasteiger partial charge in [-0.3, -0.25) is 0 Å². The normalized spacial score (nSPS) is 14.6. The maximum atomic E-state index is 2.56. The predicted octanol–water partition coefficient (Wildman–Crippen LogP) is 14.8. The molecule has 2 aliphatic rings. The van der Waals surface area contributed by atoms with E-state index < -0.39 is 0 Å². The van der Waals surface area contributed by atoms with E-state index in [4.69, 9.17) is 0 Å². The lowest BCUT2D eigenvalue weighted by atomic mass is 9.77. The van der Waals surface area contributed by atoms with Gasteiger partial charge < -0.3 is 0 Å². The first-order valence-corrected chi connectivity index (χ1v) is 19.3. The Kier molecular flexibility index (Phi) is 6.46. The van der Waals surface area contributed by atoms with Gasteiger partial charge in [0.15, 0.2) is 0 Å². The molecule has 0 saturated carbocycles. The topological polar surface area (TPSA) is 0 Å². The van der Waals surface area contributed by atoms with Crippen molar-refractivity contribution in [2.45, 2.75) is 38.5 Å². The van der Waals surface area contributed by atoms with E-state index >= 15 is 0 Å². The van der Waals surface area contributed by atoms with Crippen LogP contribution < -0.4 is 0 Å². The van der Waals surface area contributed by atoms with Crippen LogP contribution in [0, 0.1) is 0 Å². The van der Waals surface area contributed by atoms with Crippen molar-refractivity contribution >= 4 is 32.3 Å². The van der Waals surface area contributed by atoms with Gasteiger partial charge >= 0.3 is 0 Å². The number of fused-ring (bicyclic) bond motifs is 9. The zero-order valence-electron chi connectivity index (χ0n) is 31.2. The molecule has 0 saturated heterocycles. The van der Waals surface area contributed by atoms with Gasteiger partial charge in [0.1, 0.15) is 0 Å². The first kappa shape index (κ1) is 31.3.